The summed E-state index contributed by atoms with van der Waals surface area (Å²) in [6.45, 7) is 1.91. The van der Waals surface area contributed by atoms with Crippen molar-refractivity contribution in [2.75, 3.05) is 6.54 Å². The van der Waals surface area contributed by atoms with Crippen molar-refractivity contribution in [3.05, 3.63) is 18.2 Å². The molecule has 2 heterocycles. The highest BCUT2D eigenvalue weighted by molar-refractivity contribution is 5.78. The standard InChI is InChI=1S/C13H21N5/c14-13(16-9-10-2-1-3-10)17-11-4-6-18-7-5-15-12(18)8-11/h5,7,10-11H,1-4,6,8-9H2,(H3,14,16,17). The molecule has 0 radical (unpaired) electrons. The van der Waals surface area contributed by atoms with Crippen molar-refractivity contribution in [2.45, 2.75) is 44.7 Å². The number of nitrogens with two attached hydrogens (primary N) is 1. The van der Waals surface area contributed by atoms with Crippen LogP contribution in [0.1, 0.15) is 31.5 Å². The van der Waals surface area contributed by atoms with E-state index >= 15 is 0 Å². The van der Waals surface area contributed by atoms with Gasteiger partial charge in [0.1, 0.15) is 5.82 Å². The third-order valence-electron chi connectivity index (χ3n) is 4.05. The van der Waals surface area contributed by atoms with Gasteiger partial charge in [0.2, 0.25) is 0 Å². The van der Waals surface area contributed by atoms with Crippen LogP contribution in [-0.4, -0.2) is 28.1 Å². The lowest BCUT2D eigenvalue weighted by Gasteiger charge is -2.26. The van der Waals surface area contributed by atoms with E-state index in [1.54, 1.807) is 0 Å². The molecular weight excluding hydrogens is 226 g/mol. The van der Waals surface area contributed by atoms with Crippen LogP contribution >= 0.6 is 0 Å². The molecule has 1 unspecified atom stereocenters. The lowest BCUT2D eigenvalue weighted by atomic mass is 9.86. The van der Waals surface area contributed by atoms with E-state index in [4.69, 9.17) is 5.73 Å². The van der Waals surface area contributed by atoms with Gasteiger partial charge in [0.15, 0.2) is 5.96 Å². The molecule has 0 aromatic carbocycles. The molecule has 3 rings (SSSR count). The summed E-state index contributed by atoms with van der Waals surface area (Å²) in [5, 5.41) is 3.33. The molecular formula is C13H21N5. The molecule has 1 aliphatic carbocycles. The number of hydrogen-bond donors (Lipinski definition) is 2. The molecule has 18 heavy (non-hydrogen) atoms. The number of nitrogens with one attached hydrogen (secondary N) is 1. The monoisotopic (exact) mass is 247 g/mol. The molecule has 2 aliphatic rings. The first-order valence-corrected chi connectivity index (χ1v) is 6.88. The fraction of sp³-hybridized carbons (Fsp3) is 0.692. The number of hydrogen-bond acceptors (Lipinski definition) is 2. The zero-order chi connectivity index (χ0) is 12.4. The van der Waals surface area contributed by atoms with Gasteiger partial charge in [-0.2, -0.15) is 0 Å². The summed E-state index contributed by atoms with van der Waals surface area (Å²) in [6.07, 6.45) is 9.93. The van der Waals surface area contributed by atoms with Gasteiger partial charge in [-0.15, -0.1) is 0 Å². The minimum Gasteiger partial charge on any atom is -0.370 e. The van der Waals surface area contributed by atoms with E-state index in [0.29, 0.717) is 12.0 Å². The number of imidazole rings is 1. The number of aliphatic imine (C=N–C) groups is 1. The third kappa shape index (κ3) is 2.49. The molecule has 1 fully saturated rings. The minimum absolute atomic E-state index is 0.380. The summed E-state index contributed by atoms with van der Waals surface area (Å²) in [5.74, 6) is 2.52. The SMILES string of the molecule is NC(=NCC1CCC1)NC1CCn2ccnc2C1. The predicted molar refractivity (Wildman–Crippen MR) is 71.3 cm³/mol. The Hall–Kier alpha value is -1.52. The van der Waals surface area contributed by atoms with Crippen LogP contribution in [0, 0.1) is 5.92 Å². The number of aryl methyl sites for hydroxylation is 1. The number of nitrogens with zero attached hydrogens (tertiary/aromatic N) is 3. The maximum Gasteiger partial charge on any atom is 0.188 e. The first kappa shape index (κ1) is 11.6. The van der Waals surface area contributed by atoms with Gasteiger partial charge in [0.05, 0.1) is 0 Å². The molecule has 1 aromatic rings. The quantitative estimate of drug-likeness (QED) is 0.616. The van der Waals surface area contributed by atoms with Crippen LogP contribution in [0.2, 0.25) is 0 Å². The summed E-state index contributed by atoms with van der Waals surface area (Å²) < 4.78 is 2.21. The Morgan fingerprint density at radius 2 is 2.39 bits per heavy atom. The van der Waals surface area contributed by atoms with Crippen molar-refractivity contribution in [1.29, 1.82) is 0 Å². The van der Waals surface area contributed by atoms with Crippen LogP contribution in [0.25, 0.3) is 0 Å². The molecule has 5 nitrogen and oxygen atoms in total. The van der Waals surface area contributed by atoms with Crippen LogP contribution in [0.15, 0.2) is 17.4 Å². The Kier molecular flexibility index (Phi) is 3.21. The van der Waals surface area contributed by atoms with E-state index in [1.165, 1.54) is 19.3 Å². The Morgan fingerprint density at radius 3 is 3.17 bits per heavy atom. The summed E-state index contributed by atoms with van der Waals surface area (Å²) >= 11 is 0. The normalized spacial score (nSPS) is 24.4. The maximum atomic E-state index is 5.94. The highest BCUT2D eigenvalue weighted by Crippen LogP contribution is 2.26. The molecule has 0 bridgehead atoms. The van der Waals surface area contributed by atoms with Crippen LogP contribution in [0.5, 0.6) is 0 Å². The first-order chi connectivity index (χ1) is 8.81. The fourth-order valence-corrected chi connectivity index (χ4v) is 2.63. The molecule has 1 atom stereocenters. The maximum absolute atomic E-state index is 5.94. The molecule has 1 aliphatic heterocycles. The number of guanidine groups is 1. The van der Waals surface area contributed by atoms with Gasteiger partial charge < -0.3 is 15.6 Å². The summed E-state index contributed by atoms with van der Waals surface area (Å²) in [7, 11) is 0. The summed E-state index contributed by atoms with van der Waals surface area (Å²) in [6, 6.07) is 0.380. The highest BCUT2D eigenvalue weighted by atomic mass is 15.1. The van der Waals surface area contributed by atoms with Crippen LogP contribution in [0.3, 0.4) is 0 Å². The van der Waals surface area contributed by atoms with Crippen molar-refractivity contribution in [1.82, 2.24) is 14.9 Å². The third-order valence-corrected chi connectivity index (χ3v) is 4.05. The van der Waals surface area contributed by atoms with Gasteiger partial charge in [0, 0.05) is 37.9 Å². The van der Waals surface area contributed by atoms with E-state index in [1.807, 2.05) is 12.4 Å². The second kappa shape index (κ2) is 5.00. The van der Waals surface area contributed by atoms with Crippen molar-refractivity contribution < 1.29 is 0 Å². The number of aromatic nitrogens is 2. The van der Waals surface area contributed by atoms with Gasteiger partial charge in [0.25, 0.3) is 0 Å². The summed E-state index contributed by atoms with van der Waals surface area (Å²) in [5.41, 5.74) is 5.94. The Labute approximate surface area is 107 Å². The van der Waals surface area contributed by atoms with Gasteiger partial charge in [-0.3, -0.25) is 4.99 Å². The topological polar surface area (TPSA) is 68.2 Å². The van der Waals surface area contributed by atoms with E-state index in [2.05, 4.69) is 19.9 Å². The molecule has 5 heteroatoms. The Balaban J connectivity index is 1.50. The van der Waals surface area contributed by atoms with Crippen molar-refractivity contribution >= 4 is 5.96 Å². The van der Waals surface area contributed by atoms with Crippen LogP contribution in [-0.2, 0) is 13.0 Å². The van der Waals surface area contributed by atoms with Gasteiger partial charge >= 0.3 is 0 Å². The van der Waals surface area contributed by atoms with E-state index in [9.17, 15) is 0 Å². The van der Waals surface area contributed by atoms with E-state index < -0.39 is 0 Å². The zero-order valence-corrected chi connectivity index (χ0v) is 10.7. The van der Waals surface area contributed by atoms with E-state index in [-0.39, 0.29) is 0 Å². The zero-order valence-electron chi connectivity index (χ0n) is 10.7. The van der Waals surface area contributed by atoms with Crippen LogP contribution in [0.4, 0.5) is 0 Å². The molecule has 0 saturated heterocycles. The van der Waals surface area contributed by atoms with E-state index in [0.717, 1.165) is 37.7 Å². The minimum atomic E-state index is 0.380. The van der Waals surface area contributed by atoms with Crippen molar-refractivity contribution in [3.8, 4) is 0 Å². The van der Waals surface area contributed by atoms with Gasteiger partial charge in [-0.1, -0.05) is 6.42 Å². The molecule has 1 saturated carbocycles. The molecule has 0 amide bonds. The largest absolute Gasteiger partial charge is 0.370 e. The Bertz CT molecular complexity index is 432. The van der Waals surface area contributed by atoms with Crippen LogP contribution < -0.4 is 11.1 Å². The van der Waals surface area contributed by atoms with Gasteiger partial charge in [-0.05, 0) is 25.2 Å². The highest BCUT2D eigenvalue weighted by Gasteiger charge is 2.20. The predicted octanol–water partition coefficient (Wildman–Crippen LogP) is 0.902. The van der Waals surface area contributed by atoms with Gasteiger partial charge in [-0.25, -0.2) is 4.98 Å². The molecule has 1 aromatic heterocycles. The fourth-order valence-electron chi connectivity index (χ4n) is 2.63. The molecule has 3 N–H and O–H groups in total. The Morgan fingerprint density at radius 1 is 1.50 bits per heavy atom. The number of fused-ring (bicyclic) bond motifs is 1. The lowest BCUT2D eigenvalue weighted by molar-refractivity contribution is 0.325. The smallest absolute Gasteiger partial charge is 0.188 e. The second-order valence-corrected chi connectivity index (χ2v) is 5.39. The van der Waals surface area contributed by atoms with Crippen molar-refractivity contribution in [2.24, 2.45) is 16.6 Å². The number of rotatable bonds is 3. The summed E-state index contributed by atoms with van der Waals surface area (Å²) in [4.78, 5) is 8.79. The molecule has 0 spiro atoms. The lowest BCUT2D eigenvalue weighted by Crippen LogP contribution is -2.44. The van der Waals surface area contributed by atoms with Crippen molar-refractivity contribution in [3.63, 3.8) is 0 Å². The molecule has 98 valence electrons. The average Bonchev–Trinajstić information content (AvgIpc) is 2.74. The second-order valence-electron chi connectivity index (χ2n) is 5.39. The average molecular weight is 247 g/mol. The first-order valence-electron chi connectivity index (χ1n) is 6.88.